The standard InChI is InChI=1S/C14H18O5/c1-7-10-6-9-4-5-18-14(17-3,13(10)16)11(9)12(7)19-8(2)15/h9-11H,4-6H2,1-3H3/t9-,10+,11-,14-/m1/s1. The van der Waals surface area contributed by atoms with E-state index in [4.69, 9.17) is 14.2 Å². The van der Waals surface area contributed by atoms with Gasteiger partial charge in [-0.3, -0.25) is 9.59 Å². The first kappa shape index (κ1) is 12.8. The Morgan fingerprint density at radius 2 is 2.21 bits per heavy atom. The smallest absolute Gasteiger partial charge is 0.307 e. The maximum Gasteiger partial charge on any atom is 0.307 e. The average molecular weight is 266 g/mol. The Balaban J connectivity index is 2.12. The molecule has 0 aromatic heterocycles. The lowest BCUT2D eigenvalue weighted by molar-refractivity contribution is -0.282. The highest BCUT2D eigenvalue weighted by atomic mass is 16.7. The summed E-state index contributed by atoms with van der Waals surface area (Å²) in [6.45, 7) is 3.76. The predicted molar refractivity (Wildman–Crippen MR) is 64.9 cm³/mol. The predicted octanol–water partition coefficient (Wildman–Crippen LogP) is 1.42. The number of allylic oxidation sites excluding steroid dienone is 1. The lowest BCUT2D eigenvalue weighted by atomic mass is 9.59. The number of methoxy groups -OCH3 is 1. The fourth-order valence-electron chi connectivity index (χ4n) is 3.82. The summed E-state index contributed by atoms with van der Waals surface area (Å²) in [6, 6.07) is 0. The van der Waals surface area contributed by atoms with Gasteiger partial charge in [0.15, 0.2) is 5.78 Å². The number of carbonyl (C=O) groups is 2. The largest absolute Gasteiger partial charge is 0.431 e. The summed E-state index contributed by atoms with van der Waals surface area (Å²) in [5, 5.41) is 0. The molecule has 1 heterocycles. The van der Waals surface area contributed by atoms with Crippen molar-refractivity contribution in [1.29, 1.82) is 0 Å². The molecule has 0 spiro atoms. The Labute approximate surface area is 111 Å². The van der Waals surface area contributed by atoms with E-state index in [2.05, 4.69) is 0 Å². The monoisotopic (exact) mass is 266 g/mol. The van der Waals surface area contributed by atoms with Gasteiger partial charge in [-0.25, -0.2) is 0 Å². The highest BCUT2D eigenvalue weighted by Crippen LogP contribution is 2.56. The van der Waals surface area contributed by atoms with Crippen molar-refractivity contribution in [3.63, 3.8) is 0 Å². The number of carbonyl (C=O) groups excluding carboxylic acids is 2. The first-order chi connectivity index (χ1) is 9.01. The van der Waals surface area contributed by atoms with Crippen molar-refractivity contribution in [2.24, 2.45) is 17.8 Å². The van der Waals surface area contributed by atoms with Gasteiger partial charge in [0.05, 0.1) is 12.5 Å². The molecule has 0 radical (unpaired) electrons. The zero-order chi connectivity index (χ0) is 13.8. The fourth-order valence-corrected chi connectivity index (χ4v) is 3.82. The van der Waals surface area contributed by atoms with E-state index in [-0.39, 0.29) is 29.5 Å². The van der Waals surface area contributed by atoms with Gasteiger partial charge in [-0.2, -0.15) is 0 Å². The van der Waals surface area contributed by atoms with E-state index in [0.717, 1.165) is 18.4 Å². The second-order valence-electron chi connectivity index (χ2n) is 5.54. The molecule has 19 heavy (non-hydrogen) atoms. The van der Waals surface area contributed by atoms with E-state index in [9.17, 15) is 9.59 Å². The van der Waals surface area contributed by atoms with Gasteiger partial charge < -0.3 is 14.2 Å². The van der Waals surface area contributed by atoms with Gasteiger partial charge in [0, 0.05) is 20.0 Å². The van der Waals surface area contributed by atoms with Crippen molar-refractivity contribution in [2.75, 3.05) is 13.7 Å². The lowest BCUT2D eigenvalue weighted by Crippen LogP contribution is -2.65. The Hall–Kier alpha value is -1.20. The molecule has 4 bridgehead atoms. The van der Waals surface area contributed by atoms with Crippen LogP contribution < -0.4 is 0 Å². The summed E-state index contributed by atoms with van der Waals surface area (Å²) >= 11 is 0. The Morgan fingerprint density at radius 3 is 2.84 bits per heavy atom. The minimum Gasteiger partial charge on any atom is -0.431 e. The van der Waals surface area contributed by atoms with E-state index in [1.807, 2.05) is 6.92 Å². The maximum atomic E-state index is 12.6. The van der Waals surface area contributed by atoms with Gasteiger partial charge in [-0.05, 0) is 31.3 Å². The highest BCUT2D eigenvalue weighted by Gasteiger charge is 2.65. The average Bonchev–Trinajstić information content (AvgIpc) is 2.37. The third kappa shape index (κ3) is 1.55. The van der Waals surface area contributed by atoms with Crippen molar-refractivity contribution in [1.82, 2.24) is 0 Å². The van der Waals surface area contributed by atoms with Crippen LogP contribution in [0.1, 0.15) is 26.7 Å². The summed E-state index contributed by atoms with van der Waals surface area (Å²) in [6.07, 6.45) is 1.69. The molecule has 5 nitrogen and oxygen atoms in total. The van der Waals surface area contributed by atoms with E-state index in [1.165, 1.54) is 14.0 Å². The number of ketones is 1. The molecular formula is C14H18O5. The van der Waals surface area contributed by atoms with Crippen LogP contribution in [-0.2, 0) is 23.8 Å². The number of ether oxygens (including phenoxy) is 3. The number of esters is 1. The van der Waals surface area contributed by atoms with Crippen LogP contribution in [0.15, 0.2) is 11.3 Å². The number of hydrogen-bond donors (Lipinski definition) is 0. The van der Waals surface area contributed by atoms with Gasteiger partial charge >= 0.3 is 5.97 Å². The summed E-state index contributed by atoms with van der Waals surface area (Å²) in [5.41, 5.74) is 0.861. The zero-order valence-corrected chi connectivity index (χ0v) is 11.4. The van der Waals surface area contributed by atoms with Crippen LogP contribution in [0.25, 0.3) is 0 Å². The molecule has 4 rings (SSSR count). The normalized spacial score (nSPS) is 40.6. The third-order valence-electron chi connectivity index (χ3n) is 4.64. The van der Waals surface area contributed by atoms with Crippen LogP contribution in [-0.4, -0.2) is 31.3 Å². The van der Waals surface area contributed by atoms with Crippen LogP contribution in [0.3, 0.4) is 0 Å². The minimum atomic E-state index is -1.24. The second-order valence-corrected chi connectivity index (χ2v) is 5.54. The van der Waals surface area contributed by atoms with E-state index in [0.29, 0.717) is 12.4 Å². The van der Waals surface area contributed by atoms with Crippen LogP contribution >= 0.6 is 0 Å². The molecule has 1 saturated heterocycles. The van der Waals surface area contributed by atoms with Gasteiger partial charge in [0.2, 0.25) is 5.79 Å². The van der Waals surface area contributed by atoms with E-state index in [1.54, 1.807) is 0 Å². The summed E-state index contributed by atoms with van der Waals surface area (Å²) in [7, 11) is 1.49. The zero-order valence-electron chi connectivity index (χ0n) is 11.4. The molecule has 1 saturated carbocycles. The molecule has 104 valence electrons. The summed E-state index contributed by atoms with van der Waals surface area (Å²) in [4.78, 5) is 23.9. The first-order valence-corrected chi connectivity index (χ1v) is 6.63. The van der Waals surface area contributed by atoms with Gasteiger partial charge in [0.25, 0.3) is 0 Å². The molecule has 4 atom stereocenters. The maximum absolute atomic E-state index is 12.6. The molecular weight excluding hydrogens is 248 g/mol. The Bertz CT molecular complexity index is 480. The fraction of sp³-hybridized carbons (Fsp3) is 0.714. The molecule has 0 amide bonds. The Morgan fingerprint density at radius 1 is 1.47 bits per heavy atom. The lowest BCUT2D eigenvalue weighted by Gasteiger charge is -2.55. The second kappa shape index (κ2) is 4.15. The SMILES string of the molecule is CO[C@]12OCC[C@@H]3C[C@H](C1=O)C(C)=C(OC(C)=O)[C@@H]32. The molecule has 0 aromatic rings. The topological polar surface area (TPSA) is 61.8 Å². The number of hydrogen-bond acceptors (Lipinski definition) is 5. The van der Waals surface area contributed by atoms with Gasteiger partial charge in [-0.1, -0.05) is 0 Å². The Kier molecular flexibility index (Phi) is 2.80. The molecule has 0 aromatic carbocycles. The van der Waals surface area contributed by atoms with Crippen molar-refractivity contribution in [2.45, 2.75) is 32.5 Å². The van der Waals surface area contributed by atoms with Crippen molar-refractivity contribution >= 4 is 11.8 Å². The summed E-state index contributed by atoms with van der Waals surface area (Å²) < 4.78 is 16.5. The van der Waals surface area contributed by atoms with Crippen molar-refractivity contribution in [3.8, 4) is 0 Å². The third-order valence-corrected chi connectivity index (χ3v) is 4.64. The van der Waals surface area contributed by atoms with E-state index < -0.39 is 5.79 Å². The van der Waals surface area contributed by atoms with Crippen LogP contribution in [0.5, 0.6) is 0 Å². The van der Waals surface area contributed by atoms with Gasteiger partial charge in [-0.15, -0.1) is 0 Å². The highest BCUT2D eigenvalue weighted by molar-refractivity contribution is 5.94. The first-order valence-electron chi connectivity index (χ1n) is 6.63. The molecule has 0 unspecified atom stereocenters. The molecule has 0 N–H and O–H groups in total. The summed E-state index contributed by atoms with van der Waals surface area (Å²) in [5.74, 6) is -1.28. The number of Topliss-reactive ketones (excluding diaryl/α,β-unsaturated/α-hetero) is 1. The number of rotatable bonds is 2. The molecule has 4 aliphatic rings. The molecule has 2 fully saturated rings. The van der Waals surface area contributed by atoms with Crippen LogP contribution in [0.4, 0.5) is 0 Å². The van der Waals surface area contributed by atoms with Gasteiger partial charge in [0.1, 0.15) is 5.76 Å². The molecule has 3 aliphatic carbocycles. The molecule has 5 heteroatoms. The van der Waals surface area contributed by atoms with E-state index >= 15 is 0 Å². The minimum absolute atomic E-state index is 0.0237. The van der Waals surface area contributed by atoms with Crippen LogP contribution in [0.2, 0.25) is 0 Å². The van der Waals surface area contributed by atoms with Crippen molar-refractivity contribution in [3.05, 3.63) is 11.3 Å². The van der Waals surface area contributed by atoms with Crippen molar-refractivity contribution < 1.29 is 23.8 Å². The molecule has 1 aliphatic heterocycles. The van der Waals surface area contributed by atoms with Crippen LogP contribution in [0, 0.1) is 17.8 Å². The quantitative estimate of drug-likeness (QED) is 0.707.